The summed E-state index contributed by atoms with van der Waals surface area (Å²) in [5, 5.41) is 12.2. The maximum Gasteiger partial charge on any atom is 0.292 e. The minimum absolute atomic E-state index is 0.0118. The molecule has 0 radical (unpaired) electrons. The van der Waals surface area contributed by atoms with Gasteiger partial charge in [0.2, 0.25) is 12.6 Å². The van der Waals surface area contributed by atoms with Gasteiger partial charge in [0, 0.05) is 40.9 Å². The number of nitrogens with two attached hydrogens (primary N) is 1. The number of pyridine rings is 1. The topological polar surface area (TPSA) is 167 Å². The second-order valence-corrected chi connectivity index (χ2v) is 11.2. The third-order valence-corrected chi connectivity index (χ3v) is 8.78. The van der Waals surface area contributed by atoms with Gasteiger partial charge in [-0.1, -0.05) is 6.07 Å². The van der Waals surface area contributed by atoms with Crippen LogP contribution < -0.4 is 15.2 Å². The van der Waals surface area contributed by atoms with E-state index in [1.165, 1.54) is 17.8 Å². The number of carbonyl (C=O) groups excluding carboxylic acids is 2. The number of Topliss-reactive ketones (excluding diaryl/α,β-unsaturated/α-hetero) is 1. The van der Waals surface area contributed by atoms with Crippen molar-refractivity contribution < 1.29 is 19.1 Å². The van der Waals surface area contributed by atoms with Crippen molar-refractivity contribution in [3.63, 3.8) is 0 Å². The first kappa shape index (κ1) is 25.4. The summed E-state index contributed by atoms with van der Waals surface area (Å²) in [6.07, 6.45) is 8.00. The van der Waals surface area contributed by atoms with Crippen molar-refractivity contribution in [3.8, 4) is 33.9 Å². The largest absolute Gasteiger partial charge is 0.454 e. The van der Waals surface area contributed by atoms with Gasteiger partial charge in [-0.15, -0.1) is 10.2 Å². The number of anilines is 1. The highest BCUT2D eigenvalue weighted by Gasteiger charge is 2.45. The monoisotopic (exact) mass is 577 g/mol. The fourth-order valence-electron chi connectivity index (χ4n) is 6.84. The van der Waals surface area contributed by atoms with Gasteiger partial charge in [-0.25, -0.2) is 4.98 Å². The first-order valence-electron chi connectivity index (χ1n) is 14.2. The van der Waals surface area contributed by atoms with Crippen LogP contribution in [0.15, 0.2) is 49.1 Å². The number of amides is 1. The van der Waals surface area contributed by atoms with Crippen LogP contribution in [0.25, 0.3) is 28.0 Å². The third kappa shape index (κ3) is 4.02. The van der Waals surface area contributed by atoms with Crippen molar-refractivity contribution in [3.05, 3.63) is 66.1 Å². The van der Waals surface area contributed by atoms with Gasteiger partial charge in [0.15, 0.2) is 22.9 Å². The lowest BCUT2D eigenvalue weighted by molar-refractivity contribution is 0.0556. The van der Waals surface area contributed by atoms with Gasteiger partial charge in [-0.05, 0) is 56.9 Å². The molecule has 2 saturated heterocycles. The number of hydrogen-bond donors (Lipinski definition) is 2. The van der Waals surface area contributed by atoms with Crippen molar-refractivity contribution >= 4 is 23.2 Å². The van der Waals surface area contributed by atoms with Crippen LogP contribution >= 0.6 is 0 Å². The number of ketones is 1. The van der Waals surface area contributed by atoms with Gasteiger partial charge in [-0.3, -0.25) is 14.6 Å². The number of aromatic amines is 1. The summed E-state index contributed by atoms with van der Waals surface area (Å²) < 4.78 is 12.5. The lowest BCUT2D eigenvalue weighted by atomic mass is 9.85. The molecule has 3 aliphatic rings. The summed E-state index contributed by atoms with van der Waals surface area (Å²) >= 11 is 0. The summed E-state index contributed by atoms with van der Waals surface area (Å²) in [5.74, 6) is 1.56. The van der Waals surface area contributed by atoms with Crippen LogP contribution in [0.3, 0.4) is 0 Å². The van der Waals surface area contributed by atoms with Crippen LogP contribution in [0, 0.1) is 0 Å². The summed E-state index contributed by atoms with van der Waals surface area (Å²) in [7, 11) is 0. The minimum Gasteiger partial charge on any atom is -0.454 e. The number of piperidine rings is 1. The van der Waals surface area contributed by atoms with Gasteiger partial charge in [0.25, 0.3) is 5.91 Å². The van der Waals surface area contributed by atoms with E-state index in [9.17, 15) is 9.59 Å². The zero-order valence-electron chi connectivity index (χ0n) is 23.2. The maximum absolute atomic E-state index is 13.2. The SMILES string of the molecule is CC(=O)c1c([C@H]2C[C@H]3CC[C@@H](C2)N3C(=O)c2nnc[nH]2)nc2c(-c3ccc(-c4ccc5c(c4)OCO5)nc3)cnn2c1N. The van der Waals surface area contributed by atoms with E-state index < -0.39 is 0 Å². The Balaban J connectivity index is 1.14. The second-order valence-electron chi connectivity index (χ2n) is 11.2. The van der Waals surface area contributed by atoms with Crippen LogP contribution in [0.4, 0.5) is 5.82 Å². The van der Waals surface area contributed by atoms with Gasteiger partial charge < -0.3 is 25.1 Å². The molecule has 13 nitrogen and oxygen atoms in total. The zero-order valence-corrected chi connectivity index (χ0v) is 23.2. The normalized spacial score (nSPS) is 20.6. The van der Waals surface area contributed by atoms with Crippen LogP contribution in [0.2, 0.25) is 0 Å². The van der Waals surface area contributed by atoms with Crippen molar-refractivity contribution in [2.45, 2.75) is 50.6 Å². The standard InChI is InChI=1S/C30H27N9O4/c1-15(40)25-26(18-8-19-4-5-20(9-18)38(19)30(41)28-33-13-34-37-28)36-29-21(12-35-39(29)27(25)31)17-2-6-22(32-11-17)16-3-7-23-24(10-16)43-14-42-23/h2-3,6-7,10-13,18-20H,4-5,8-9,14,31H2,1H3,(H,33,34,37)/t18-,19+,20-. The molecule has 3 atom stereocenters. The molecule has 8 rings (SSSR count). The zero-order chi connectivity index (χ0) is 29.2. The molecule has 1 amide bonds. The molecule has 5 aromatic rings. The van der Waals surface area contributed by atoms with Crippen LogP contribution in [0.5, 0.6) is 11.5 Å². The van der Waals surface area contributed by atoms with Crippen LogP contribution in [-0.2, 0) is 0 Å². The number of H-pyrrole nitrogens is 1. The fraction of sp³-hybridized carbons (Fsp3) is 0.300. The van der Waals surface area contributed by atoms with Crippen molar-refractivity contribution in [1.82, 2.24) is 39.7 Å². The number of carbonyl (C=O) groups is 2. The number of rotatable bonds is 5. The lowest BCUT2D eigenvalue weighted by Crippen LogP contribution is -2.46. The van der Waals surface area contributed by atoms with Gasteiger partial charge in [0.05, 0.1) is 23.1 Å². The van der Waals surface area contributed by atoms with E-state index in [1.807, 2.05) is 35.2 Å². The minimum atomic E-state index is -0.166. The van der Waals surface area contributed by atoms with E-state index in [-0.39, 0.29) is 48.1 Å². The molecule has 4 aromatic heterocycles. The maximum atomic E-state index is 13.2. The molecule has 13 heteroatoms. The molecule has 0 unspecified atom stereocenters. The molecule has 216 valence electrons. The molecule has 0 saturated carbocycles. The highest BCUT2D eigenvalue weighted by Crippen LogP contribution is 2.45. The molecule has 0 spiro atoms. The second kappa shape index (κ2) is 9.61. The Hall–Kier alpha value is -5.33. The van der Waals surface area contributed by atoms with E-state index >= 15 is 0 Å². The summed E-state index contributed by atoms with van der Waals surface area (Å²) in [6, 6.07) is 9.66. The average Bonchev–Trinajstić information content (AvgIpc) is 3.83. The van der Waals surface area contributed by atoms with Crippen molar-refractivity contribution in [2.24, 2.45) is 0 Å². The highest BCUT2D eigenvalue weighted by atomic mass is 16.7. The first-order chi connectivity index (χ1) is 21.0. The number of aromatic nitrogens is 7. The molecule has 2 bridgehead atoms. The smallest absolute Gasteiger partial charge is 0.292 e. The van der Waals surface area contributed by atoms with Gasteiger partial charge in [0.1, 0.15) is 12.1 Å². The molecule has 3 N–H and O–H groups in total. The first-order valence-corrected chi connectivity index (χ1v) is 14.2. The molecule has 0 aliphatic carbocycles. The average molecular weight is 578 g/mol. The highest BCUT2D eigenvalue weighted by molar-refractivity contribution is 6.00. The number of benzene rings is 1. The van der Waals surface area contributed by atoms with Crippen LogP contribution in [0.1, 0.15) is 65.2 Å². The number of hydrogen-bond acceptors (Lipinski definition) is 10. The predicted octanol–water partition coefficient (Wildman–Crippen LogP) is 3.64. The fourth-order valence-corrected chi connectivity index (χ4v) is 6.84. The Kier molecular flexibility index (Phi) is 5.67. The molecule has 1 aromatic carbocycles. The van der Waals surface area contributed by atoms with Gasteiger partial charge in [-0.2, -0.15) is 9.61 Å². The van der Waals surface area contributed by atoms with Crippen molar-refractivity contribution in [1.29, 1.82) is 0 Å². The quantitative estimate of drug-likeness (QED) is 0.294. The number of nitrogens with one attached hydrogen (secondary N) is 1. The van der Waals surface area contributed by atoms with E-state index in [4.69, 9.17) is 25.2 Å². The Morgan fingerprint density at radius 2 is 1.81 bits per heavy atom. The number of ether oxygens (including phenoxy) is 2. The Bertz CT molecular complexity index is 1890. The molecule has 43 heavy (non-hydrogen) atoms. The third-order valence-electron chi connectivity index (χ3n) is 8.78. The number of nitrogen functional groups attached to an aromatic ring is 1. The number of nitrogens with zero attached hydrogens (tertiary/aromatic N) is 7. The molecular formula is C30H27N9O4. The van der Waals surface area contributed by atoms with Crippen LogP contribution in [-0.4, -0.2) is 70.2 Å². The molecule has 3 aliphatic heterocycles. The molecular weight excluding hydrogens is 550 g/mol. The van der Waals surface area contributed by atoms with E-state index in [0.29, 0.717) is 35.5 Å². The molecule has 2 fully saturated rings. The van der Waals surface area contributed by atoms with E-state index in [2.05, 4.69) is 20.3 Å². The lowest BCUT2D eigenvalue weighted by Gasteiger charge is -2.38. The Morgan fingerprint density at radius 1 is 1.02 bits per heavy atom. The van der Waals surface area contributed by atoms with Gasteiger partial charge >= 0.3 is 0 Å². The summed E-state index contributed by atoms with van der Waals surface area (Å²) in [5.41, 5.74) is 11.5. The molecule has 7 heterocycles. The van der Waals surface area contributed by atoms with E-state index in [1.54, 1.807) is 12.4 Å². The Morgan fingerprint density at radius 3 is 2.53 bits per heavy atom. The summed E-state index contributed by atoms with van der Waals surface area (Å²) in [4.78, 5) is 40.6. The predicted molar refractivity (Wildman–Crippen MR) is 154 cm³/mol. The Labute approximate surface area is 245 Å². The number of fused-ring (bicyclic) bond motifs is 4. The summed E-state index contributed by atoms with van der Waals surface area (Å²) in [6.45, 7) is 1.72. The van der Waals surface area contributed by atoms with E-state index in [0.717, 1.165) is 41.0 Å². The van der Waals surface area contributed by atoms with Crippen molar-refractivity contribution in [2.75, 3.05) is 12.5 Å².